The van der Waals surface area contributed by atoms with Crippen LogP contribution in [0, 0.1) is 6.92 Å². The molecule has 1 aromatic rings. The van der Waals surface area contributed by atoms with Crippen LogP contribution in [0.5, 0.6) is 5.88 Å². The Bertz CT molecular complexity index is 370. The van der Waals surface area contributed by atoms with Crippen LogP contribution in [-0.4, -0.2) is 37.9 Å². The molecule has 0 aliphatic carbocycles. The summed E-state index contributed by atoms with van der Waals surface area (Å²) in [4.78, 5) is 4.28. The smallest absolute Gasteiger partial charge is 0.215 e. The molecule has 2 rings (SSSR count). The van der Waals surface area contributed by atoms with Crippen LogP contribution < -0.4 is 10.1 Å². The number of rotatable bonds is 4. The zero-order chi connectivity index (χ0) is 11.6. The van der Waals surface area contributed by atoms with Crippen molar-refractivity contribution in [3.63, 3.8) is 0 Å². The fourth-order valence-corrected chi connectivity index (χ4v) is 2.05. The van der Waals surface area contributed by atoms with Gasteiger partial charge in [0, 0.05) is 38.4 Å². The fraction of sp³-hybridized carbons (Fsp3) is 0.583. The molecule has 0 amide bonds. The second-order valence-corrected chi connectivity index (χ2v) is 4.34. The van der Waals surface area contributed by atoms with Gasteiger partial charge >= 0.3 is 0 Å². The van der Waals surface area contributed by atoms with Crippen LogP contribution in [-0.2, 0) is 11.2 Å². The quantitative estimate of drug-likeness (QED) is 0.823. The zero-order valence-corrected chi connectivity index (χ0v) is 10.0. The van der Waals surface area contributed by atoms with Crippen LogP contribution in [0.4, 0.5) is 0 Å². The molecule has 4 heteroatoms. The van der Waals surface area contributed by atoms with Gasteiger partial charge < -0.3 is 14.8 Å². The van der Waals surface area contributed by atoms with Crippen LogP contribution in [0.25, 0.3) is 0 Å². The first-order valence-electron chi connectivity index (χ1n) is 5.44. The highest BCUT2D eigenvalue weighted by atomic mass is 16.5. The maximum atomic E-state index is 5.55. The van der Waals surface area contributed by atoms with Crippen LogP contribution in [0.2, 0.25) is 0 Å². The van der Waals surface area contributed by atoms with Crippen LogP contribution in [0.15, 0.2) is 12.3 Å². The van der Waals surface area contributed by atoms with Crippen molar-refractivity contribution in [2.75, 3.05) is 27.3 Å². The van der Waals surface area contributed by atoms with Gasteiger partial charge in [0.2, 0.25) is 5.88 Å². The van der Waals surface area contributed by atoms with Crippen LogP contribution in [0.3, 0.4) is 0 Å². The van der Waals surface area contributed by atoms with Crippen molar-refractivity contribution in [2.45, 2.75) is 18.9 Å². The predicted molar refractivity (Wildman–Crippen MR) is 61.8 cm³/mol. The fourth-order valence-electron chi connectivity index (χ4n) is 2.05. The van der Waals surface area contributed by atoms with E-state index in [1.165, 1.54) is 5.56 Å². The first-order chi connectivity index (χ1) is 7.69. The van der Waals surface area contributed by atoms with Crippen LogP contribution >= 0.6 is 0 Å². The molecule has 0 saturated carbocycles. The second kappa shape index (κ2) is 4.39. The summed E-state index contributed by atoms with van der Waals surface area (Å²) in [5, 5.41) is 3.24. The van der Waals surface area contributed by atoms with Gasteiger partial charge in [0.25, 0.3) is 0 Å². The summed E-state index contributed by atoms with van der Waals surface area (Å²) in [6, 6.07) is 2.12. The summed E-state index contributed by atoms with van der Waals surface area (Å²) >= 11 is 0. The van der Waals surface area contributed by atoms with Crippen molar-refractivity contribution in [2.24, 2.45) is 0 Å². The lowest BCUT2D eigenvalue weighted by Gasteiger charge is -2.41. The van der Waals surface area contributed by atoms with Gasteiger partial charge in [0.15, 0.2) is 0 Å². The minimum absolute atomic E-state index is 0.0390. The highest BCUT2D eigenvalue weighted by Gasteiger charge is 2.37. The summed E-state index contributed by atoms with van der Waals surface area (Å²) in [5.41, 5.74) is 2.23. The molecule has 1 aliphatic rings. The van der Waals surface area contributed by atoms with E-state index in [0.29, 0.717) is 5.88 Å². The SMILES string of the molecule is COc1ncc(CC2(OC)CNC2)cc1C. The molecule has 1 aliphatic heterocycles. The molecule has 1 saturated heterocycles. The predicted octanol–water partition coefficient (Wildman–Crippen LogP) is 0.930. The number of methoxy groups -OCH3 is 2. The molecular formula is C12H18N2O2. The molecule has 0 radical (unpaired) electrons. The topological polar surface area (TPSA) is 43.4 Å². The number of aromatic nitrogens is 1. The molecule has 88 valence electrons. The number of aryl methyl sites for hydroxylation is 1. The maximum Gasteiger partial charge on any atom is 0.215 e. The highest BCUT2D eigenvalue weighted by Crippen LogP contribution is 2.23. The molecule has 0 bridgehead atoms. The Kier molecular flexibility index (Phi) is 3.12. The van der Waals surface area contributed by atoms with Gasteiger partial charge in [-0.25, -0.2) is 4.98 Å². The van der Waals surface area contributed by atoms with Crippen molar-refractivity contribution in [1.82, 2.24) is 10.3 Å². The third-order valence-electron chi connectivity index (χ3n) is 3.13. The first kappa shape index (κ1) is 11.4. The maximum absolute atomic E-state index is 5.55. The summed E-state index contributed by atoms with van der Waals surface area (Å²) in [5.74, 6) is 0.696. The average molecular weight is 222 g/mol. The molecule has 0 atom stereocenters. The molecule has 0 unspecified atom stereocenters. The lowest BCUT2D eigenvalue weighted by molar-refractivity contribution is -0.0502. The minimum atomic E-state index is -0.0390. The number of nitrogens with one attached hydrogen (secondary N) is 1. The average Bonchev–Trinajstić information content (AvgIpc) is 2.24. The normalized spacial score (nSPS) is 17.9. The Morgan fingerprint density at radius 1 is 1.44 bits per heavy atom. The van der Waals surface area contributed by atoms with E-state index >= 15 is 0 Å². The van der Waals surface area contributed by atoms with E-state index in [-0.39, 0.29) is 5.60 Å². The number of hydrogen-bond acceptors (Lipinski definition) is 4. The zero-order valence-electron chi connectivity index (χ0n) is 10.0. The van der Waals surface area contributed by atoms with E-state index in [0.717, 1.165) is 25.1 Å². The Hall–Kier alpha value is -1.13. The van der Waals surface area contributed by atoms with Crippen molar-refractivity contribution < 1.29 is 9.47 Å². The second-order valence-electron chi connectivity index (χ2n) is 4.34. The van der Waals surface area contributed by atoms with Gasteiger partial charge in [-0.2, -0.15) is 0 Å². The molecule has 2 heterocycles. The Morgan fingerprint density at radius 3 is 2.62 bits per heavy atom. The number of hydrogen-bond donors (Lipinski definition) is 1. The van der Waals surface area contributed by atoms with Crippen molar-refractivity contribution in [1.29, 1.82) is 0 Å². The molecule has 1 fully saturated rings. The summed E-state index contributed by atoms with van der Waals surface area (Å²) in [6.45, 7) is 3.83. The lowest BCUT2D eigenvalue weighted by Crippen LogP contribution is -2.61. The summed E-state index contributed by atoms with van der Waals surface area (Å²) in [7, 11) is 3.41. The summed E-state index contributed by atoms with van der Waals surface area (Å²) < 4.78 is 10.7. The van der Waals surface area contributed by atoms with Gasteiger partial charge in [-0.3, -0.25) is 0 Å². The van der Waals surface area contributed by atoms with Crippen molar-refractivity contribution in [3.05, 3.63) is 23.4 Å². The highest BCUT2D eigenvalue weighted by molar-refractivity contribution is 5.29. The van der Waals surface area contributed by atoms with E-state index < -0.39 is 0 Å². The number of nitrogens with zero attached hydrogens (tertiary/aromatic N) is 1. The Balaban J connectivity index is 2.13. The molecule has 4 nitrogen and oxygen atoms in total. The first-order valence-corrected chi connectivity index (χ1v) is 5.44. The van der Waals surface area contributed by atoms with E-state index in [2.05, 4.69) is 16.4 Å². The standard InChI is InChI=1S/C12H18N2O2/c1-9-4-10(6-14-11(9)15-2)5-12(16-3)7-13-8-12/h4,6,13H,5,7-8H2,1-3H3. The largest absolute Gasteiger partial charge is 0.481 e. The van der Waals surface area contributed by atoms with Crippen molar-refractivity contribution in [3.8, 4) is 5.88 Å². The van der Waals surface area contributed by atoms with Gasteiger partial charge in [-0.1, -0.05) is 0 Å². The Labute approximate surface area is 96.0 Å². The molecule has 0 spiro atoms. The molecule has 16 heavy (non-hydrogen) atoms. The summed E-state index contributed by atoms with van der Waals surface area (Å²) in [6.07, 6.45) is 2.76. The van der Waals surface area contributed by atoms with Gasteiger partial charge in [-0.05, 0) is 18.6 Å². The van der Waals surface area contributed by atoms with Gasteiger partial charge in [-0.15, -0.1) is 0 Å². The van der Waals surface area contributed by atoms with Gasteiger partial charge in [0.05, 0.1) is 12.7 Å². The monoisotopic (exact) mass is 222 g/mol. The Morgan fingerprint density at radius 2 is 2.19 bits per heavy atom. The van der Waals surface area contributed by atoms with Gasteiger partial charge in [0.1, 0.15) is 0 Å². The van der Waals surface area contributed by atoms with E-state index in [1.807, 2.05) is 13.1 Å². The molecule has 0 aromatic carbocycles. The number of ether oxygens (including phenoxy) is 2. The minimum Gasteiger partial charge on any atom is -0.481 e. The third-order valence-corrected chi connectivity index (χ3v) is 3.13. The molecular weight excluding hydrogens is 204 g/mol. The number of pyridine rings is 1. The molecule has 1 aromatic heterocycles. The van der Waals surface area contributed by atoms with E-state index in [1.54, 1.807) is 14.2 Å². The molecule has 1 N–H and O–H groups in total. The van der Waals surface area contributed by atoms with E-state index in [4.69, 9.17) is 9.47 Å². The lowest BCUT2D eigenvalue weighted by atomic mass is 9.89. The van der Waals surface area contributed by atoms with Crippen molar-refractivity contribution >= 4 is 0 Å². The van der Waals surface area contributed by atoms with E-state index in [9.17, 15) is 0 Å². The van der Waals surface area contributed by atoms with Crippen LogP contribution in [0.1, 0.15) is 11.1 Å². The third kappa shape index (κ3) is 2.03.